The summed E-state index contributed by atoms with van der Waals surface area (Å²) in [5.74, 6) is 1.78. The predicted octanol–water partition coefficient (Wildman–Crippen LogP) is 1.95. The van der Waals surface area contributed by atoms with Crippen LogP contribution in [0.25, 0.3) is 0 Å². The number of hydrogen-bond acceptors (Lipinski definition) is 2. The first-order chi connectivity index (χ1) is 7.36. The van der Waals surface area contributed by atoms with Crippen molar-refractivity contribution in [2.24, 2.45) is 0 Å². The average molecular weight is 226 g/mol. The van der Waals surface area contributed by atoms with Crippen molar-refractivity contribution < 1.29 is 0 Å². The zero-order chi connectivity index (χ0) is 10.3. The van der Waals surface area contributed by atoms with Gasteiger partial charge in [-0.05, 0) is 25.8 Å². The van der Waals surface area contributed by atoms with Crippen LogP contribution in [-0.4, -0.2) is 22.6 Å². The fraction of sp³-hybridized carbons (Fsp3) is 0.727. The van der Waals surface area contributed by atoms with E-state index in [4.69, 9.17) is 11.6 Å². The summed E-state index contributed by atoms with van der Waals surface area (Å²) in [5.41, 5.74) is 1.29. The lowest BCUT2D eigenvalue weighted by Crippen LogP contribution is -2.16. The standard InChI is InChI=1S/C11H16ClN3/c12-11-10(8-4-5-13-7-8)15-6-2-1-3-9(15)14-11/h8,13H,1-7H2. The normalized spacial score (nSPS) is 25.5. The summed E-state index contributed by atoms with van der Waals surface area (Å²) >= 11 is 6.26. The fourth-order valence-electron chi connectivity index (χ4n) is 2.75. The van der Waals surface area contributed by atoms with E-state index in [1.54, 1.807) is 0 Å². The first kappa shape index (κ1) is 9.67. The number of nitrogens with zero attached hydrogens (tertiary/aromatic N) is 2. The summed E-state index contributed by atoms with van der Waals surface area (Å²) in [7, 11) is 0. The van der Waals surface area contributed by atoms with E-state index >= 15 is 0 Å². The second kappa shape index (κ2) is 3.80. The molecule has 1 saturated heterocycles. The number of halogens is 1. The molecule has 0 saturated carbocycles. The minimum absolute atomic E-state index is 0.580. The van der Waals surface area contributed by atoms with Crippen molar-refractivity contribution in [3.63, 3.8) is 0 Å². The van der Waals surface area contributed by atoms with Gasteiger partial charge in [0.1, 0.15) is 5.82 Å². The Hall–Kier alpha value is -0.540. The van der Waals surface area contributed by atoms with Crippen LogP contribution in [0.15, 0.2) is 0 Å². The molecule has 4 heteroatoms. The summed E-state index contributed by atoms with van der Waals surface area (Å²) in [4.78, 5) is 4.50. The number of fused-ring (bicyclic) bond motifs is 1. The van der Waals surface area contributed by atoms with E-state index in [9.17, 15) is 0 Å². The quantitative estimate of drug-likeness (QED) is 0.792. The van der Waals surface area contributed by atoms with Gasteiger partial charge in [-0.25, -0.2) is 4.98 Å². The molecule has 15 heavy (non-hydrogen) atoms. The predicted molar refractivity (Wildman–Crippen MR) is 60.4 cm³/mol. The van der Waals surface area contributed by atoms with Gasteiger partial charge in [0, 0.05) is 25.4 Å². The lowest BCUT2D eigenvalue weighted by atomic mass is 10.0. The Labute approximate surface area is 94.8 Å². The van der Waals surface area contributed by atoms with Crippen molar-refractivity contribution in [1.29, 1.82) is 0 Å². The number of nitrogens with one attached hydrogen (secondary N) is 1. The maximum Gasteiger partial charge on any atom is 0.150 e. The third-order valence-corrected chi connectivity index (χ3v) is 3.80. The molecule has 0 amide bonds. The molecule has 3 rings (SSSR count). The van der Waals surface area contributed by atoms with Crippen LogP contribution in [0.3, 0.4) is 0 Å². The van der Waals surface area contributed by atoms with Crippen LogP contribution in [-0.2, 0) is 13.0 Å². The Morgan fingerprint density at radius 1 is 1.40 bits per heavy atom. The minimum Gasteiger partial charge on any atom is -0.330 e. The zero-order valence-corrected chi connectivity index (χ0v) is 9.56. The van der Waals surface area contributed by atoms with Gasteiger partial charge < -0.3 is 9.88 Å². The number of rotatable bonds is 1. The van der Waals surface area contributed by atoms with Crippen molar-refractivity contribution in [3.05, 3.63) is 16.7 Å². The highest BCUT2D eigenvalue weighted by molar-refractivity contribution is 6.30. The summed E-state index contributed by atoms with van der Waals surface area (Å²) in [6.45, 7) is 3.28. The van der Waals surface area contributed by atoms with Crippen LogP contribution in [0, 0.1) is 0 Å². The summed E-state index contributed by atoms with van der Waals surface area (Å²) < 4.78 is 2.36. The van der Waals surface area contributed by atoms with Crippen molar-refractivity contribution in [1.82, 2.24) is 14.9 Å². The Bertz CT molecular complexity index is 366. The second-order valence-electron chi connectivity index (χ2n) is 4.50. The van der Waals surface area contributed by atoms with Crippen LogP contribution in [0.5, 0.6) is 0 Å². The molecular weight excluding hydrogens is 210 g/mol. The molecule has 1 aromatic heterocycles. The highest BCUT2D eigenvalue weighted by Gasteiger charge is 2.27. The molecule has 0 spiro atoms. The molecule has 2 aliphatic heterocycles. The highest BCUT2D eigenvalue weighted by Crippen LogP contribution is 2.32. The largest absolute Gasteiger partial charge is 0.330 e. The van der Waals surface area contributed by atoms with Gasteiger partial charge in [0.2, 0.25) is 0 Å². The molecular formula is C11H16ClN3. The van der Waals surface area contributed by atoms with Crippen LogP contribution in [0.1, 0.15) is 36.7 Å². The molecule has 0 radical (unpaired) electrons. The molecule has 1 fully saturated rings. The molecule has 82 valence electrons. The van der Waals surface area contributed by atoms with Crippen molar-refractivity contribution in [2.45, 2.75) is 38.1 Å². The number of aromatic nitrogens is 2. The molecule has 0 aliphatic carbocycles. The molecule has 1 unspecified atom stereocenters. The van der Waals surface area contributed by atoms with E-state index in [1.165, 1.54) is 30.8 Å². The molecule has 1 N–H and O–H groups in total. The van der Waals surface area contributed by atoms with Crippen LogP contribution in [0.2, 0.25) is 5.15 Å². The number of imidazole rings is 1. The topological polar surface area (TPSA) is 29.9 Å². The first-order valence-corrected chi connectivity index (χ1v) is 6.19. The Morgan fingerprint density at radius 3 is 3.13 bits per heavy atom. The summed E-state index contributed by atoms with van der Waals surface area (Å²) in [6.07, 6.45) is 4.83. The molecule has 0 bridgehead atoms. The number of hydrogen-bond donors (Lipinski definition) is 1. The molecule has 1 atom stereocenters. The Balaban J connectivity index is 2.01. The third-order valence-electron chi connectivity index (χ3n) is 3.52. The molecule has 3 heterocycles. The summed E-state index contributed by atoms with van der Waals surface area (Å²) in [6, 6.07) is 0. The summed E-state index contributed by atoms with van der Waals surface area (Å²) in [5, 5.41) is 4.15. The number of aryl methyl sites for hydroxylation is 1. The minimum atomic E-state index is 0.580. The van der Waals surface area contributed by atoms with Crippen molar-refractivity contribution in [2.75, 3.05) is 13.1 Å². The Kier molecular flexibility index (Phi) is 2.45. The third kappa shape index (κ3) is 1.58. The maximum atomic E-state index is 6.26. The average Bonchev–Trinajstić information content (AvgIpc) is 2.82. The lowest BCUT2D eigenvalue weighted by molar-refractivity contribution is 0.496. The van der Waals surface area contributed by atoms with Crippen molar-refractivity contribution in [3.8, 4) is 0 Å². The van der Waals surface area contributed by atoms with Gasteiger partial charge in [-0.1, -0.05) is 11.6 Å². The SMILES string of the molecule is Clc1nc2n(c1C1CCNC1)CCCC2. The fourth-order valence-corrected chi connectivity index (χ4v) is 3.11. The Morgan fingerprint density at radius 2 is 2.33 bits per heavy atom. The maximum absolute atomic E-state index is 6.26. The van der Waals surface area contributed by atoms with Gasteiger partial charge in [-0.15, -0.1) is 0 Å². The second-order valence-corrected chi connectivity index (χ2v) is 4.86. The van der Waals surface area contributed by atoms with Gasteiger partial charge in [-0.2, -0.15) is 0 Å². The molecule has 3 nitrogen and oxygen atoms in total. The van der Waals surface area contributed by atoms with E-state index in [1.807, 2.05) is 0 Å². The first-order valence-electron chi connectivity index (χ1n) is 5.82. The van der Waals surface area contributed by atoms with E-state index in [0.717, 1.165) is 31.2 Å². The van der Waals surface area contributed by atoms with Crippen LogP contribution in [0.4, 0.5) is 0 Å². The van der Waals surface area contributed by atoms with Gasteiger partial charge >= 0.3 is 0 Å². The van der Waals surface area contributed by atoms with Crippen LogP contribution >= 0.6 is 11.6 Å². The van der Waals surface area contributed by atoms with Crippen molar-refractivity contribution >= 4 is 11.6 Å². The van der Waals surface area contributed by atoms with Crippen LogP contribution < -0.4 is 5.32 Å². The van der Waals surface area contributed by atoms with Gasteiger partial charge in [-0.3, -0.25) is 0 Å². The smallest absolute Gasteiger partial charge is 0.150 e. The van der Waals surface area contributed by atoms with Gasteiger partial charge in [0.15, 0.2) is 5.15 Å². The highest BCUT2D eigenvalue weighted by atomic mass is 35.5. The van der Waals surface area contributed by atoms with E-state index in [2.05, 4.69) is 14.9 Å². The molecule has 1 aromatic rings. The lowest BCUT2D eigenvalue weighted by Gasteiger charge is -2.18. The van der Waals surface area contributed by atoms with Gasteiger partial charge in [0.05, 0.1) is 5.69 Å². The zero-order valence-electron chi connectivity index (χ0n) is 8.80. The monoisotopic (exact) mass is 225 g/mol. The molecule has 2 aliphatic rings. The van der Waals surface area contributed by atoms with E-state index < -0.39 is 0 Å². The van der Waals surface area contributed by atoms with E-state index in [-0.39, 0.29) is 0 Å². The molecule has 0 aromatic carbocycles. The van der Waals surface area contributed by atoms with E-state index in [0.29, 0.717) is 5.92 Å². The van der Waals surface area contributed by atoms with Gasteiger partial charge in [0.25, 0.3) is 0 Å².